The average molecular weight is 357 g/mol. The molecular weight excluding hydrogens is 336 g/mol. The molecule has 1 aromatic rings. The number of hydrogen-bond acceptors (Lipinski definition) is 3. The van der Waals surface area contributed by atoms with Gasteiger partial charge in [0.25, 0.3) is 0 Å². The molecule has 1 aromatic carbocycles. The second-order valence-electron chi connectivity index (χ2n) is 5.26. The van der Waals surface area contributed by atoms with Crippen molar-refractivity contribution >= 4 is 33.6 Å². The van der Waals surface area contributed by atoms with Gasteiger partial charge < -0.3 is 10.6 Å². The Kier molecular flexibility index (Phi) is 5.93. The van der Waals surface area contributed by atoms with E-state index in [0.717, 1.165) is 28.8 Å². The molecule has 1 fully saturated rings. The van der Waals surface area contributed by atoms with Crippen molar-refractivity contribution in [3.63, 3.8) is 0 Å². The Morgan fingerprint density at radius 2 is 2.35 bits per heavy atom. The number of halogens is 1. The van der Waals surface area contributed by atoms with E-state index in [9.17, 15) is 4.79 Å². The van der Waals surface area contributed by atoms with E-state index >= 15 is 0 Å². The highest BCUT2D eigenvalue weighted by molar-refractivity contribution is 9.10. The summed E-state index contributed by atoms with van der Waals surface area (Å²) >= 11 is 5.05. The number of carbonyl (C=O) groups excluding carboxylic acids is 1. The quantitative estimate of drug-likeness (QED) is 0.814. The van der Waals surface area contributed by atoms with Crippen molar-refractivity contribution in [3.8, 4) is 0 Å². The summed E-state index contributed by atoms with van der Waals surface area (Å²) in [6, 6.07) is 6.78. The number of thioether (sulfide) groups is 1. The Labute approximate surface area is 133 Å². The van der Waals surface area contributed by atoms with Crippen LogP contribution in [0.4, 0.5) is 0 Å². The molecule has 1 saturated heterocycles. The molecule has 0 radical (unpaired) electrons. The summed E-state index contributed by atoms with van der Waals surface area (Å²) in [7, 11) is 0. The summed E-state index contributed by atoms with van der Waals surface area (Å²) < 4.78 is 1.07. The second-order valence-corrected chi connectivity index (χ2v) is 7.19. The van der Waals surface area contributed by atoms with E-state index in [1.54, 1.807) is 11.8 Å². The van der Waals surface area contributed by atoms with Crippen LogP contribution in [0.25, 0.3) is 0 Å². The SMILES string of the molecule is Cc1cc(Br)ccc1SCC(=O)NC1CCCNC1C. The van der Waals surface area contributed by atoms with Gasteiger partial charge in [-0.1, -0.05) is 15.9 Å². The highest BCUT2D eigenvalue weighted by atomic mass is 79.9. The van der Waals surface area contributed by atoms with E-state index in [4.69, 9.17) is 0 Å². The van der Waals surface area contributed by atoms with Crippen LogP contribution in [0, 0.1) is 6.92 Å². The Morgan fingerprint density at radius 1 is 1.55 bits per heavy atom. The molecule has 2 atom stereocenters. The lowest BCUT2D eigenvalue weighted by molar-refractivity contribution is -0.119. The molecule has 0 aromatic heterocycles. The van der Waals surface area contributed by atoms with E-state index in [1.807, 2.05) is 6.07 Å². The standard InChI is InChI=1S/C15H21BrN2OS/c1-10-8-12(16)5-6-14(10)20-9-15(19)18-13-4-3-7-17-11(13)2/h5-6,8,11,13,17H,3-4,7,9H2,1-2H3,(H,18,19). The van der Waals surface area contributed by atoms with Gasteiger partial charge in [-0.15, -0.1) is 11.8 Å². The summed E-state index contributed by atoms with van der Waals surface area (Å²) in [6.45, 7) is 5.26. The molecule has 110 valence electrons. The maximum atomic E-state index is 12.0. The number of aryl methyl sites for hydroxylation is 1. The Hall–Kier alpha value is -0.520. The number of hydrogen-bond donors (Lipinski definition) is 2. The minimum absolute atomic E-state index is 0.123. The molecule has 5 heteroatoms. The average Bonchev–Trinajstić information content (AvgIpc) is 2.40. The van der Waals surface area contributed by atoms with E-state index in [-0.39, 0.29) is 11.9 Å². The fraction of sp³-hybridized carbons (Fsp3) is 0.533. The monoisotopic (exact) mass is 356 g/mol. The fourth-order valence-corrected chi connectivity index (χ4v) is 3.70. The van der Waals surface area contributed by atoms with Crippen LogP contribution in [0.15, 0.2) is 27.6 Å². The molecule has 2 unspecified atom stereocenters. The highest BCUT2D eigenvalue weighted by Crippen LogP contribution is 2.25. The third-order valence-corrected chi connectivity index (χ3v) is 5.27. The predicted molar refractivity (Wildman–Crippen MR) is 88.2 cm³/mol. The van der Waals surface area contributed by atoms with Gasteiger partial charge in [0, 0.05) is 21.5 Å². The van der Waals surface area contributed by atoms with Crippen LogP contribution < -0.4 is 10.6 Å². The lowest BCUT2D eigenvalue weighted by Crippen LogP contribution is -2.52. The fourth-order valence-electron chi connectivity index (χ4n) is 2.41. The van der Waals surface area contributed by atoms with Crippen LogP contribution in [0.3, 0.4) is 0 Å². The van der Waals surface area contributed by atoms with Crippen molar-refractivity contribution in [2.75, 3.05) is 12.3 Å². The van der Waals surface area contributed by atoms with Crippen LogP contribution in [-0.4, -0.2) is 30.3 Å². The zero-order valence-corrected chi connectivity index (χ0v) is 14.3. The predicted octanol–water partition coefficient (Wildman–Crippen LogP) is 3.11. The van der Waals surface area contributed by atoms with Crippen molar-refractivity contribution in [1.29, 1.82) is 0 Å². The first-order chi connectivity index (χ1) is 9.56. The molecule has 1 aliphatic rings. The lowest BCUT2D eigenvalue weighted by atomic mass is 10.00. The van der Waals surface area contributed by atoms with Crippen LogP contribution in [0.2, 0.25) is 0 Å². The first kappa shape index (κ1) is 15.9. The number of nitrogens with one attached hydrogen (secondary N) is 2. The third kappa shape index (κ3) is 4.50. The van der Waals surface area contributed by atoms with Crippen LogP contribution in [0.5, 0.6) is 0 Å². The largest absolute Gasteiger partial charge is 0.351 e. The van der Waals surface area contributed by atoms with E-state index < -0.39 is 0 Å². The lowest BCUT2D eigenvalue weighted by Gasteiger charge is -2.30. The molecule has 2 rings (SSSR count). The number of piperidine rings is 1. The second kappa shape index (κ2) is 7.48. The normalized spacial score (nSPS) is 22.6. The molecule has 20 heavy (non-hydrogen) atoms. The third-order valence-electron chi connectivity index (χ3n) is 3.60. The highest BCUT2D eigenvalue weighted by Gasteiger charge is 2.22. The molecule has 1 amide bonds. The molecule has 3 nitrogen and oxygen atoms in total. The molecule has 0 saturated carbocycles. The van der Waals surface area contributed by atoms with Gasteiger partial charge >= 0.3 is 0 Å². The summed E-state index contributed by atoms with van der Waals surface area (Å²) in [6.07, 6.45) is 2.20. The van der Waals surface area contributed by atoms with Crippen molar-refractivity contribution < 1.29 is 4.79 Å². The Morgan fingerprint density at radius 3 is 3.05 bits per heavy atom. The maximum Gasteiger partial charge on any atom is 0.230 e. The van der Waals surface area contributed by atoms with E-state index in [1.165, 1.54) is 5.56 Å². The zero-order valence-electron chi connectivity index (χ0n) is 11.9. The molecule has 2 N–H and O–H groups in total. The number of carbonyl (C=O) groups is 1. The van der Waals surface area contributed by atoms with Crippen LogP contribution in [-0.2, 0) is 4.79 Å². The molecular formula is C15H21BrN2OS. The number of amides is 1. The summed E-state index contributed by atoms with van der Waals surface area (Å²) in [5.41, 5.74) is 1.20. The van der Waals surface area contributed by atoms with E-state index in [0.29, 0.717) is 11.8 Å². The topological polar surface area (TPSA) is 41.1 Å². The van der Waals surface area contributed by atoms with Gasteiger partial charge in [-0.3, -0.25) is 4.79 Å². The zero-order chi connectivity index (χ0) is 14.5. The van der Waals surface area contributed by atoms with Gasteiger partial charge in [0.05, 0.1) is 5.75 Å². The van der Waals surface area contributed by atoms with Crippen molar-refractivity contribution in [3.05, 3.63) is 28.2 Å². The Balaban J connectivity index is 1.82. The molecule has 1 heterocycles. The number of benzene rings is 1. The number of rotatable bonds is 4. The Bertz CT molecular complexity index is 481. The van der Waals surface area contributed by atoms with Gasteiger partial charge in [-0.2, -0.15) is 0 Å². The minimum Gasteiger partial charge on any atom is -0.351 e. The summed E-state index contributed by atoms with van der Waals surface area (Å²) in [5, 5.41) is 6.54. The first-order valence-electron chi connectivity index (χ1n) is 6.98. The summed E-state index contributed by atoms with van der Waals surface area (Å²) in [4.78, 5) is 13.2. The first-order valence-corrected chi connectivity index (χ1v) is 8.76. The van der Waals surface area contributed by atoms with Gasteiger partial charge in [0.15, 0.2) is 0 Å². The van der Waals surface area contributed by atoms with Crippen LogP contribution in [0.1, 0.15) is 25.3 Å². The van der Waals surface area contributed by atoms with Crippen molar-refractivity contribution in [2.24, 2.45) is 0 Å². The minimum atomic E-state index is 0.123. The molecule has 0 spiro atoms. The van der Waals surface area contributed by atoms with Gasteiger partial charge in [0.2, 0.25) is 5.91 Å². The van der Waals surface area contributed by atoms with Gasteiger partial charge in [-0.25, -0.2) is 0 Å². The molecule has 0 aliphatic carbocycles. The van der Waals surface area contributed by atoms with Crippen molar-refractivity contribution in [1.82, 2.24) is 10.6 Å². The van der Waals surface area contributed by atoms with Crippen molar-refractivity contribution in [2.45, 2.75) is 43.7 Å². The smallest absolute Gasteiger partial charge is 0.230 e. The maximum absolute atomic E-state index is 12.0. The summed E-state index contributed by atoms with van der Waals surface area (Å²) in [5.74, 6) is 0.601. The van der Waals surface area contributed by atoms with E-state index in [2.05, 4.69) is 52.5 Å². The van der Waals surface area contributed by atoms with Gasteiger partial charge in [0.1, 0.15) is 0 Å². The molecule has 1 aliphatic heterocycles. The molecule has 0 bridgehead atoms. The van der Waals surface area contributed by atoms with Crippen LogP contribution >= 0.6 is 27.7 Å². The van der Waals surface area contributed by atoms with Gasteiger partial charge in [-0.05, 0) is 57.0 Å².